The molecule has 34 heavy (non-hydrogen) atoms. The van der Waals surface area contributed by atoms with Crippen LogP contribution in [0.1, 0.15) is 13.3 Å². The highest BCUT2D eigenvalue weighted by Crippen LogP contribution is 2.38. The first-order valence-corrected chi connectivity index (χ1v) is 12.1. The van der Waals surface area contributed by atoms with E-state index in [1.54, 1.807) is 6.07 Å². The molecule has 0 aliphatic carbocycles. The Balaban J connectivity index is 1.75. The number of hydrogen-bond acceptors (Lipinski definition) is 10. The third-order valence-electron chi connectivity index (χ3n) is 4.96. The van der Waals surface area contributed by atoms with Gasteiger partial charge in [-0.05, 0) is 31.5 Å². The predicted octanol–water partition coefficient (Wildman–Crippen LogP) is 3.69. The Morgan fingerprint density at radius 1 is 1.15 bits per heavy atom. The summed E-state index contributed by atoms with van der Waals surface area (Å²) in [6.07, 6.45) is 0.582. The second-order valence-electron chi connectivity index (χ2n) is 7.21. The Bertz CT molecular complexity index is 1290. The van der Waals surface area contributed by atoms with E-state index in [-0.39, 0.29) is 32.9 Å². The van der Waals surface area contributed by atoms with Gasteiger partial charge in [-0.1, -0.05) is 12.1 Å². The zero-order valence-corrected chi connectivity index (χ0v) is 19.2. The quantitative estimate of drug-likeness (QED) is 0.254. The molecule has 0 fully saturated rings. The van der Waals surface area contributed by atoms with Gasteiger partial charge in [0, 0.05) is 31.9 Å². The van der Waals surface area contributed by atoms with Crippen LogP contribution < -0.4 is 14.8 Å². The highest BCUT2D eigenvalue weighted by molar-refractivity contribution is 7.91. The molecule has 180 valence electrons. The van der Waals surface area contributed by atoms with Crippen LogP contribution in [0.4, 0.5) is 11.6 Å². The molecule has 4 rings (SSSR count). The molecule has 3 aromatic rings. The van der Waals surface area contributed by atoms with Gasteiger partial charge in [0.05, 0.1) is 9.82 Å². The molecule has 0 amide bonds. The van der Waals surface area contributed by atoms with E-state index in [9.17, 15) is 18.5 Å². The molecule has 1 aliphatic heterocycles. The molecule has 0 spiro atoms. The third-order valence-corrected chi connectivity index (χ3v) is 6.62. The predicted molar refractivity (Wildman–Crippen MR) is 121 cm³/mol. The van der Waals surface area contributed by atoms with E-state index in [0.29, 0.717) is 50.9 Å². The number of ether oxygens (including phenoxy) is 3. The van der Waals surface area contributed by atoms with E-state index < -0.39 is 14.8 Å². The molecule has 0 radical (unpaired) electrons. The monoisotopic (exact) mass is 489 g/mol. The minimum Gasteiger partial charge on any atom is -0.486 e. The molecule has 2 heterocycles. The first kappa shape index (κ1) is 23.5. The van der Waals surface area contributed by atoms with Gasteiger partial charge in [0.1, 0.15) is 18.8 Å². The molecular weight excluding hydrogens is 466 g/mol. The number of hydrogen-bond donors (Lipinski definition) is 1. The number of anilines is 1. The van der Waals surface area contributed by atoms with Crippen LogP contribution in [0.5, 0.6) is 11.5 Å². The molecule has 0 saturated carbocycles. The standard InChI is InChI=1S/C22H23N3O8S/c1-2-30-11-5-10-23-21-22(24-20(33-21)16-6-3-4-7-17(16)25(26)27)34(28,29)15-8-9-18-19(14-15)32-13-12-31-18/h3-4,6-9,14,23H,2,5,10-13H2,1H3. The number of rotatable bonds is 10. The number of nitro groups is 1. The van der Waals surface area contributed by atoms with Crippen LogP contribution in [0.2, 0.25) is 0 Å². The summed E-state index contributed by atoms with van der Waals surface area (Å²) in [5, 5.41) is 14.0. The SMILES string of the molecule is CCOCCCNc1oc(-c2ccccc2[N+](=O)[O-])nc1S(=O)(=O)c1ccc2c(c1)OCCO2. The van der Waals surface area contributed by atoms with Gasteiger partial charge in [-0.3, -0.25) is 10.1 Å². The van der Waals surface area contributed by atoms with Crippen LogP contribution in [0, 0.1) is 10.1 Å². The number of benzene rings is 2. The molecule has 0 saturated heterocycles. The van der Waals surface area contributed by atoms with Crippen molar-refractivity contribution in [3.05, 3.63) is 52.6 Å². The minimum atomic E-state index is -4.17. The molecule has 2 aromatic carbocycles. The fourth-order valence-corrected chi connectivity index (χ4v) is 4.65. The Labute approximate surface area is 195 Å². The Kier molecular flexibility index (Phi) is 6.98. The lowest BCUT2D eigenvalue weighted by atomic mass is 10.2. The highest BCUT2D eigenvalue weighted by atomic mass is 32.2. The average Bonchev–Trinajstić information content (AvgIpc) is 3.28. The van der Waals surface area contributed by atoms with Crippen molar-refractivity contribution < 1.29 is 32.0 Å². The maximum Gasteiger partial charge on any atom is 0.282 e. The van der Waals surface area contributed by atoms with Crippen LogP contribution in [0.3, 0.4) is 0 Å². The molecule has 12 heteroatoms. The Morgan fingerprint density at radius 2 is 1.91 bits per heavy atom. The summed E-state index contributed by atoms with van der Waals surface area (Å²) in [5.41, 5.74) is -0.191. The summed E-state index contributed by atoms with van der Waals surface area (Å²) in [6, 6.07) is 10.1. The number of oxazole rings is 1. The van der Waals surface area contributed by atoms with Gasteiger partial charge in [0.2, 0.25) is 26.6 Å². The van der Waals surface area contributed by atoms with Gasteiger partial charge < -0.3 is 23.9 Å². The molecule has 1 N–H and O–H groups in total. The lowest BCUT2D eigenvalue weighted by Crippen LogP contribution is -2.16. The number of nitrogens with one attached hydrogen (secondary N) is 1. The number of nitro benzene ring substituents is 1. The zero-order chi connectivity index (χ0) is 24.1. The van der Waals surface area contributed by atoms with E-state index in [1.165, 1.54) is 36.4 Å². The third kappa shape index (κ3) is 4.82. The smallest absolute Gasteiger partial charge is 0.282 e. The number of fused-ring (bicyclic) bond motifs is 1. The fraction of sp³-hybridized carbons (Fsp3) is 0.318. The molecular formula is C22H23N3O8S. The number of nitrogens with zero attached hydrogens (tertiary/aromatic N) is 2. The van der Waals surface area contributed by atoms with Crippen molar-refractivity contribution in [2.45, 2.75) is 23.3 Å². The topological polar surface area (TPSA) is 143 Å². The van der Waals surface area contributed by atoms with Gasteiger partial charge >= 0.3 is 0 Å². The molecule has 1 aliphatic rings. The van der Waals surface area contributed by atoms with E-state index >= 15 is 0 Å². The number of aromatic nitrogens is 1. The van der Waals surface area contributed by atoms with Crippen molar-refractivity contribution >= 4 is 21.4 Å². The van der Waals surface area contributed by atoms with Crippen molar-refractivity contribution in [1.29, 1.82) is 0 Å². The maximum absolute atomic E-state index is 13.5. The first-order valence-electron chi connectivity index (χ1n) is 10.6. The van der Waals surface area contributed by atoms with E-state index in [0.717, 1.165) is 0 Å². The van der Waals surface area contributed by atoms with Gasteiger partial charge in [-0.25, -0.2) is 8.42 Å². The highest BCUT2D eigenvalue weighted by Gasteiger charge is 2.31. The van der Waals surface area contributed by atoms with Gasteiger partial charge in [-0.15, -0.1) is 0 Å². The Morgan fingerprint density at radius 3 is 2.68 bits per heavy atom. The summed E-state index contributed by atoms with van der Waals surface area (Å²) in [4.78, 5) is 15.0. The van der Waals surface area contributed by atoms with Crippen molar-refractivity contribution in [2.75, 3.05) is 38.3 Å². The molecule has 0 unspecified atom stereocenters. The van der Waals surface area contributed by atoms with Gasteiger partial charge in [0.15, 0.2) is 11.5 Å². The molecule has 0 atom stereocenters. The maximum atomic E-state index is 13.5. The van der Waals surface area contributed by atoms with Crippen molar-refractivity contribution in [3.63, 3.8) is 0 Å². The molecule has 11 nitrogen and oxygen atoms in total. The normalized spacial score (nSPS) is 13.0. The van der Waals surface area contributed by atoms with E-state index in [2.05, 4.69) is 10.3 Å². The van der Waals surface area contributed by atoms with E-state index in [4.69, 9.17) is 18.6 Å². The summed E-state index contributed by atoms with van der Waals surface area (Å²) < 4.78 is 49.0. The average molecular weight is 490 g/mol. The summed E-state index contributed by atoms with van der Waals surface area (Å²) in [6.45, 7) is 3.93. The second-order valence-corrected chi connectivity index (χ2v) is 9.08. The van der Waals surface area contributed by atoms with Gasteiger partial charge in [0.25, 0.3) is 5.69 Å². The minimum absolute atomic E-state index is 0.0634. The van der Waals surface area contributed by atoms with Gasteiger partial charge in [-0.2, -0.15) is 4.98 Å². The largest absolute Gasteiger partial charge is 0.486 e. The van der Waals surface area contributed by atoms with Crippen LogP contribution in [0.25, 0.3) is 11.5 Å². The number of sulfone groups is 1. The second kappa shape index (κ2) is 10.1. The fourth-order valence-electron chi connectivity index (χ4n) is 3.35. The summed E-state index contributed by atoms with van der Waals surface area (Å²) in [5.74, 6) is 0.455. The van der Waals surface area contributed by atoms with Crippen LogP contribution in [-0.4, -0.2) is 51.3 Å². The molecule has 1 aromatic heterocycles. The van der Waals surface area contributed by atoms with Crippen molar-refractivity contribution in [2.24, 2.45) is 0 Å². The van der Waals surface area contributed by atoms with Crippen molar-refractivity contribution in [3.8, 4) is 23.0 Å². The lowest BCUT2D eigenvalue weighted by molar-refractivity contribution is -0.384. The van der Waals surface area contributed by atoms with Crippen LogP contribution in [0.15, 0.2) is 56.8 Å². The van der Waals surface area contributed by atoms with Crippen molar-refractivity contribution in [1.82, 2.24) is 4.98 Å². The Hall–Kier alpha value is -3.64. The zero-order valence-electron chi connectivity index (χ0n) is 18.4. The lowest BCUT2D eigenvalue weighted by Gasteiger charge is -2.18. The number of para-hydroxylation sites is 1. The van der Waals surface area contributed by atoms with Crippen LogP contribution >= 0.6 is 0 Å². The summed E-state index contributed by atoms with van der Waals surface area (Å²) in [7, 11) is -4.17. The summed E-state index contributed by atoms with van der Waals surface area (Å²) >= 11 is 0. The molecule has 0 bridgehead atoms. The van der Waals surface area contributed by atoms with Crippen LogP contribution in [-0.2, 0) is 14.6 Å². The van der Waals surface area contributed by atoms with E-state index in [1.807, 2.05) is 6.92 Å². The first-order chi connectivity index (χ1) is 16.4.